The number of rotatable bonds is 5. The molecule has 0 atom stereocenters. The average Bonchev–Trinajstić information content (AvgIpc) is 2.36. The van der Waals surface area contributed by atoms with E-state index in [1.54, 1.807) is 16.7 Å². The number of amides is 1. The van der Waals surface area contributed by atoms with Crippen LogP contribution in [0.15, 0.2) is 24.3 Å². The van der Waals surface area contributed by atoms with Crippen molar-refractivity contribution in [3.63, 3.8) is 0 Å². The summed E-state index contributed by atoms with van der Waals surface area (Å²) in [7, 11) is 0. The zero-order chi connectivity index (χ0) is 13.9. The Balaban J connectivity index is 2.00. The van der Waals surface area contributed by atoms with E-state index in [0.717, 1.165) is 24.2 Å². The van der Waals surface area contributed by atoms with Gasteiger partial charge in [0.25, 0.3) is 5.91 Å². The smallest absolute Gasteiger partial charge is 0.254 e. The molecule has 2 rings (SSSR count). The normalized spacial score (nSPS) is 17.1. The topological polar surface area (TPSA) is 40.5 Å². The predicted octanol–water partition coefficient (Wildman–Crippen LogP) is 2.54. The lowest BCUT2D eigenvalue weighted by molar-refractivity contribution is -0.0860. The van der Waals surface area contributed by atoms with Crippen LogP contribution in [0.2, 0.25) is 0 Å². The summed E-state index contributed by atoms with van der Waals surface area (Å²) in [5, 5.41) is 10.1. The van der Waals surface area contributed by atoms with Gasteiger partial charge in [0.15, 0.2) is 0 Å². The standard InChI is InChI=1S/C15H21NO2S/c1-3-7-15(18)10-16(11-15)14(17)13-6-4-5-12(8-13)9-19-2/h4-6,8,18H,3,7,9-11H2,1-2H3. The van der Waals surface area contributed by atoms with Gasteiger partial charge in [-0.2, -0.15) is 11.8 Å². The zero-order valence-corrected chi connectivity index (χ0v) is 12.4. The Labute approximate surface area is 119 Å². The number of nitrogens with zero attached hydrogens (tertiary/aromatic N) is 1. The van der Waals surface area contributed by atoms with Gasteiger partial charge in [-0.1, -0.05) is 25.5 Å². The summed E-state index contributed by atoms with van der Waals surface area (Å²) in [6.45, 7) is 2.98. The van der Waals surface area contributed by atoms with Crippen LogP contribution in [0, 0.1) is 0 Å². The van der Waals surface area contributed by atoms with Crippen LogP contribution >= 0.6 is 11.8 Å². The highest BCUT2D eigenvalue weighted by molar-refractivity contribution is 7.97. The lowest BCUT2D eigenvalue weighted by atomic mass is 9.88. The van der Waals surface area contributed by atoms with Crippen molar-refractivity contribution in [2.24, 2.45) is 0 Å². The largest absolute Gasteiger partial charge is 0.386 e. The summed E-state index contributed by atoms with van der Waals surface area (Å²) in [5.41, 5.74) is 1.24. The minimum absolute atomic E-state index is 0.0312. The summed E-state index contributed by atoms with van der Waals surface area (Å²) < 4.78 is 0. The molecule has 3 nitrogen and oxygen atoms in total. The number of thioether (sulfide) groups is 1. The lowest BCUT2D eigenvalue weighted by Gasteiger charge is -2.46. The highest BCUT2D eigenvalue weighted by atomic mass is 32.2. The first-order valence-corrected chi connectivity index (χ1v) is 8.07. The van der Waals surface area contributed by atoms with Crippen molar-refractivity contribution >= 4 is 17.7 Å². The van der Waals surface area contributed by atoms with Crippen LogP contribution in [-0.2, 0) is 5.75 Å². The minimum Gasteiger partial charge on any atom is -0.386 e. The molecule has 1 saturated heterocycles. The van der Waals surface area contributed by atoms with E-state index >= 15 is 0 Å². The van der Waals surface area contributed by atoms with Crippen molar-refractivity contribution in [2.75, 3.05) is 19.3 Å². The van der Waals surface area contributed by atoms with E-state index in [1.807, 2.05) is 31.2 Å². The molecule has 19 heavy (non-hydrogen) atoms. The second kappa shape index (κ2) is 5.97. The fraction of sp³-hybridized carbons (Fsp3) is 0.533. The Morgan fingerprint density at radius 3 is 2.84 bits per heavy atom. The molecule has 0 bridgehead atoms. The molecule has 0 aliphatic carbocycles. The maximum atomic E-state index is 12.3. The molecule has 1 aromatic rings. The molecule has 1 heterocycles. The van der Waals surface area contributed by atoms with E-state index in [4.69, 9.17) is 0 Å². The molecule has 0 radical (unpaired) electrons. The van der Waals surface area contributed by atoms with Crippen molar-refractivity contribution in [2.45, 2.75) is 31.1 Å². The van der Waals surface area contributed by atoms with Gasteiger partial charge >= 0.3 is 0 Å². The number of benzene rings is 1. The third-order valence-corrected chi connectivity index (χ3v) is 4.08. The fourth-order valence-electron chi connectivity index (χ4n) is 2.57. The van der Waals surface area contributed by atoms with Gasteiger partial charge in [-0.15, -0.1) is 0 Å². The summed E-state index contributed by atoms with van der Waals surface area (Å²) >= 11 is 1.74. The number of β-amino-alcohol motifs (C(OH)–C–C–N with tert-alkyl or cyclic N) is 1. The van der Waals surface area contributed by atoms with Crippen LogP contribution in [0.1, 0.15) is 35.7 Å². The number of carbonyl (C=O) groups is 1. The predicted molar refractivity (Wildman–Crippen MR) is 79.4 cm³/mol. The molecule has 104 valence electrons. The molecule has 1 aliphatic heterocycles. The SMILES string of the molecule is CCCC1(O)CN(C(=O)c2cccc(CSC)c2)C1. The molecule has 1 N–H and O–H groups in total. The first kappa shape index (κ1) is 14.4. The van der Waals surface area contributed by atoms with Gasteiger partial charge in [-0.05, 0) is 30.4 Å². The summed E-state index contributed by atoms with van der Waals surface area (Å²) in [4.78, 5) is 14.0. The van der Waals surface area contributed by atoms with E-state index in [2.05, 4.69) is 6.26 Å². The van der Waals surface area contributed by atoms with E-state index < -0.39 is 5.60 Å². The lowest BCUT2D eigenvalue weighted by Crippen LogP contribution is -2.63. The highest BCUT2D eigenvalue weighted by Crippen LogP contribution is 2.27. The molecule has 0 aromatic heterocycles. The van der Waals surface area contributed by atoms with Gasteiger partial charge in [0.05, 0.1) is 18.7 Å². The molecule has 1 aliphatic rings. The number of hydrogen-bond acceptors (Lipinski definition) is 3. The van der Waals surface area contributed by atoms with Crippen molar-refractivity contribution in [1.29, 1.82) is 0 Å². The molecule has 1 fully saturated rings. The van der Waals surface area contributed by atoms with Crippen molar-refractivity contribution in [3.05, 3.63) is 35.4 Å². The molecule has 1 amide bonds. The number of carbonyl (C=O) groups excluding carboxylic acids is 1. The first-order valence-electron chi connectivity index (χ1n) is 6.67. The van der Waals surface area contributed by atoms with Gasteiger partial charge in [-0.3, -0.25) is 4.79 Å². The van der Waals surface area contributed by atoms with Crippen LogP contribution in [0.3, 0.4) is 0 Å². The maximum absolute atomic E-state index is 12.3. The maximum Gasteiger partial charge on any atom is 0.254 e. The molecule has 0 unspecified atom stereocenters. The molecular formula is C15H21NO2S. The summed E-state index contributed by atoms with van der Waals surface area (Å²) in [6, 6.07) is 7.77. The Kier molecular flexibility index (Phi) is 4.53. The number of likely N-dealkylation sites (tertiary alicyclic amines) is 1. The third kappa shape index (κ3) is 3.31. The Hall–Kier alpha value is -1.00. The van der Waals surface area contributed by atoms with Crippen LogP contribution < -0.4 is 0 Å². The summed E-state index contributed by atoms with van der Waals surface area (Å²) in [6.07, 6.45) is 3.76. The zero-order valence-electron chi connectivity index (χ0n) is 11.6. The Morgan fingerprint density at radius 2 is 2.21 bits per heavy atom. The van der Waals surface area contributed by atoms with E-state index in [0.29, 0.717) is 13.1 Å². The van der Waals surface area contributed by atoms with Gasteiger partial charge in [-0.25, -0.2) is 0 Å². The Bertz CT molecular complexity index is 455. The Morgan fingerprint density at radius 1 is 1.47 bits per heavy atom. The average molecular weight is 279 g/mol. The highest BCUT2D eigenvalue weighted by Gasteiger charge is 2.42. The van der Waals surface area contributed by atoms with Crippen LogP contribution in [-0.4, -0.2) is 40.9 Å². The summed E-state index contributed by atoms with van der Waals surface area (Å²) in [5.74, 6) is 0.949. The fourth-order valence-corrected chi connectivity index (χ4v) is 3.09. The minimum atomic E-state index is -0.651. The van der Waals surface area contributed by atoms with Gasteiger partial charge in [0.1, 0.15) is 0 Å². The quantitative estimate of drug-likeness (QED) is 0.900. The van der Waals surface area contributed by atoms with Gasteiger partial charge in [0.2, 0.25) is 0 Å². The second-order valence-electron chi connectivity index (χ2n) is 5.27. The van der Waals surface area contributed by atoms with Crippen molar-refractivity contribution in [1.82, 2.24) is 4.90 Å². The molecule has 0 saturated carbocycles. The number of aliphatic hydroxyl groups is 1. The van der Waals surface area contributed by atoms with Gasteiger partial charge < -0.3 is 10.0 Å². The van der Waals surface area contributed by atoms with E-state index in [1.165, 1.54) is 5.56 Å². The van der Waals surface area contributed by atoms with E-state index in [-0.39, 0.29) is 5.91 Å². The third-order valence-electron chi connectivity index (χ3n) is 3.46. The van der Waals surface area contributed by atoms with Crippen LogP contribution in [0.4, 0.5) is 0 Å². The van der Waals surface area contributed by atoms with Crippen LogP contribution in [0.5, 0.6) is 0 Å². The molecule has 1 aromatic carbocycles. The first-order chi connectivity index (χ1) is 9.08. The monoisotopic (exact) mass is 279 g/mol. The van der Waals surface area contributed by atoms with Crippen molar-refractivity contribution < 1.29 is 9.90 Å². The van der Waals surface area contributed by atoms with Crippen molar-refractivity contribution in [3.8, 4) is 0 Å². The van der Waals surface area contributed by atoms with Gasteiger partial charge in [0, 0.05) is 11.3 Å². The second-order valence-corrected chi connectivity index (χ2v) is 6.13. The molecule has 4 heteroatoms. The number of hydrogen-bond donors (Lipinski definition) is 1. The molecular weight excluding hydrogens is 258 g/mol. The van der Waals surface area contributed by atoms with E-state index in [9.17, 15) is 9.90 Å². The molecule has 0 spiro atoms. The van der Waals surface area contributed by atoms with Crippen LogP contribution in [0.25, 0.3) is 0 Å².